The summed E-state index contributed by atoms with van der Waals surface area (Å²) in [5.74, 6) is 1.12. The molecule has 0 radical (unpaired) electrons. The van der Waals surface area contributed by atoms with Gasteiger partial charge in [-0.25, -0.2) is 0 Å². The van der Waals surface area contributed by atoms with Gasteiger partial charge in [-0.1, -0.05) is 35.8 Å². The molecule has 1 atom stereocenters. The van der Waals surface area contributed by atoms with E-state index in [2.05, 4.69) is 74.6 Å². The van der Waals surface area contributed by atoms with E-state index in [1.54, 1.807) is 6.07 Å². The van der Waals surface area contributed by atoms with E-state index < -0.39 is 5.60 Å². The summed E-state index contributed by atoms with van der Waals surface area (Å²) in [7, 11) is 0. The number of aromatic hydroxyl groups is 1. The minimum Gasteiger partial charge on any atom is -0.507 e. The number of ether oxygens (including phenoxy) is 1. The van der Waals surface area contributed by atoms with Crippen molar-refractivity contribution in [2.75, 3.05) is 0 Å². The highest BCUT2D eigenvalue weighted by molar-refractivity contribution is 9.11. The predicted octanol–water partition coefficient (Wildman–Crippen LogP) is 6.66. The van der Waals surface area contributed by atoms with E-state index in [9.17, 15) is 5.11 Å². The van der Waals surface area contributed by atoms with Gasteiger partial charge >= 0.3 is 0 Å². The number of hydrogen-bond acceptors (Lipinski definition) is 2. The third-order valence-electron chi connectivity index (χ3n) is 4.40. The SMILES string of the molecule is CC1(C)CC(C)(c2ccc(O)c(Br)c2)Oc2c(Br)cc(Br)cc21. The molecule has 5 heteroatoms. The highest BCUT2D eigenvalue weighted by atomic mass is 79.9. The van der Waals surface area contributed by atoms with Crippen molar-refractivity contribution in [3.8, 4) is 11.5 Å². The molecule has 1 aliphatic rings. The monoisotopic (exact) mass is 502 g/mol. The molecule has 0 fully saturated rings. The van der Waals surface area contributed by atoms with Gasteiger partial charge in [0, 0.05) is 16.5 Å². The molecule has 0 aromatic heterocycles. The Morgan fingerprint density at radius 1 is 1.00 bits per heavy atom. The van der Waals surface area contributed by atoms with E-state index in [1.165, 1.54) is 5.56 Å². The molecule has 1 heterocycles. The molecule has 1 unspecified atom stereocenters. The second-order valence-electron chi connectivity index (χ2n) is 6.82. The van der Waals surface area contributed by atoms with Gasteiger partial charge in [-0.15, -0.1) is 0 Å². The summed E-state index contributed by atoms with van der Waals surface area (Å²) in [4.78, 5) is 0. The number of benzene rings is 2. The maximum Gasteiger partial charge on any atom is 0.138 e. The first kappa shape index (κ1) is 17.3. The summed E-state index contributed by atoms with van der Waals surface area (Å²) in [5.41, 5.74) is 1.71. The third-order valence-corrected chi connectivity index (χ3v) is 6.08. The Hall–Kier alpha value is -0.520. The van der Waals surface area contributed by atoms with Crippen molar-refractivity contribution >= 4 is 47.8 Å². The summed E-state index contributed by atoms with van der Waals surface area (Å²) < 4.78 is 9.11. The maximum absolute atomic E-state index is 9.76. The van der Waals surface area contributed by atoms with Gasteiger partial charge in [0.2, 0.25) is 0 Å². The van der Waals surface area contributed by atoms with Gasteiger partial charge in [-0.05, 0) is 74.0 Å². The summed E-state index contributed by atoms with van der Waals surface area (Å²) in [6.45, 7) is 6.58. The second kappa shape index (κ2) is 5.78. The van der Waals surface area contributed by atoms with Gasteiger partial charge in [0.15, 0.2) is 0 Å². The van der Waals surface area contributed by atoms with Crippen molar-refractivity contribution in [3.63, 3.8) is 0 Å². The second-order valence-corrected chi connectivity index (χ2v) is 9.45. The molecule has 3 rings (SSSR count). The number of hydrogen-bond donors (Lipinski definition) is 1. The Morgan fingerprint density at radius 2 is 1.70 bits per heavy atom. The van der Waals surface area contributed by atoms with Crippen LogP contribution in [0.1, 0.15) is 38.3 Å². The first-order chi connectivity index (χ1) is 10.6. The lowest BCUT2D eigenvalue weighted by molar-refractivity contribution is 0.0314. The van der Waals surface area contributed by atoms with Crippen LogP contribution in [0.25, 0.3) is 0 Å². The first-order valence-electron chi connectivity index (χ1n) is 7.30. The summed E-state index contributed by atoms with van der Waals surface area (Å²) in [6.07, 6.45) is 0.840. The zero-order valence-electron chi connectivity index (χ0n) is 13.1. The maximum atomic E-state index is 9.76. The molecule has 0 amide bonds. The summed E-state index contributed by atoms with van der Waals surface area (Å²) >= 11 is 10.6. The number of fused-ring (bicyclic) bond motifs is 1. The molecular weight excluding hydrogens is 488 g/mol. The minimum absolute atomic E-state index is 0.0427. The number of rotatable bonds is 1. The van der Waals surface area contributed by atoms with E-state index in [-0.39, 0.29) is 11.2 Å². The van der Waals surface area contributed by atoms with Gasteiger partial charge in [-0.3, -0.25) is 0 Å². The van der Waals surface area contributed by atoms with Gasteiger partial charge in [0.25, 0.3) is 0 Å². The van der Waals surface area contributed by atoms with Crippen molar-refractivity contribution in [2.24, 2.45) is 0 Å². The Kier molecular flexibility index (Phi) is 4.35. The molecule has 2 aromatic rings. The van der Waals surface area contributed by atoms with Crippen LogP contribution in [0.2, 0.25) is 0 Å². The van der Waals surface area contributed by atoms with Crippen LogP contribution >= 0.6 is 47.8 Å². The molecule has 23 heavy (non-hydrogen) atoms. The molecule has 1 aliphatic heterocycles. The lowest BCUT2D eigenvalue weighted by atomic mass is 9.71. The first-order valence-corrected chi connectivity index (χ1v) is 9.68. The molecule has 0 aliphatic carbocycles. The molecule has 122 valence electrons. The van der Waals surface area contributed by atoms with Crippen molar-refractivity contribution in [1.29, 1.82) is 0 Å². The fourth-order valence-corrected chi connectivity index (χ4v) is 5.05. The largest absolute Gasteiger partial charge is 0.507 e. The predicted molar refractivity (Wildman–Crippen MR) is 103 cm³/mol. The van der Waals surface area contributed by atoms with E-state index >= 15 is 0 Å². The van der Waals surface area contributed by atoms with E-state index in [1.807, 2.05) is 18.2 Å². The van der Waals surface area contributed by atoms with Crippen molar-refractivity contribution < 1.29 is 9.84 Å². The van der Waals surface area contributed by atoms with Crippen LogP contribution in [-0.2, 0) is 11.0 Å². The Bertz CT molecular complexity index is 786. The zero-order valence-corrected chi connectivity index (χ0v) is 17.8. The van der Waals surface area contributed by atoms with Crippen LogP contribution in [0.5, 0.6) is 11.5 Å². The fourth-order valence-electron chi connectivity index (χ4n) is 3.36. The van der Waals surface area contributed by atoms with Crippen molar-refractivity contribution in [1.82, 2.24) is 0 Å². The molecule has 0 saturated heterocycles. The molecule has 1 N–H and O–H groups in total. The Labute approximate surface area is 161 Å². The average Bonchev–Trinajstić information content (AvgIpc) is 2.43. The van der Waals surface area contributed by atoms with Crippen LogP contribution in [-0.4, -0.2) is 5.11 Å². The summed E-state index contributed by atoms with van der Waals surface area (Å²) in [5, 5.41) is 9.76. The lowest BCUT2D eigenvalue weighted by Crippen LogP contribution is -2.41. The third kappa shape index (κ3) is 3.08. The van der Waals surface area contributed by atoms with E-state index in [0.29, 0.717) is 4.47 Å². The van der Waals surface area contributed by atoms with E-state index in [0.717, 1.165) is 26.7 Å². The van der Waals surface area contributed by atoms with Crippen molar-refractivity contribution in [3.05, 3.63) is 54.9 Å². The highest BCUT2D eigenvalue weighted by Gasteiger charge is 2.44. The van der Waals surface area contributed by atoms with Crippen LogP contribution in [0.4, 0.5) is 0 Å². The standard InChI is InChI=1S/C18H17Br3O2/c1-17(2)9-18(3,10-4-5-15(22)13(20)6-10)23-16-12(17)7-11(19)8-14(16)21/h4-8,22H,9H2,1-3H3. The molecule has 0 spiro atoms. The van der Waals surface area contributed by atoms with Crippen LogP contribution < -0.4 is 4.74 Å². The average molecular weight is 505 g/mol. The molecule has 2 nitrogen and oxygen atoms in total. The molecule has 2 aromatic carbocycles. The topological polar surface area (TPSA) is 29.5 Å². The number of halogens is 3. The lowest BCUT2D eigenvalue weighted by Gasteiger charge is -2.45. The van der Waals surface area contributed by atoms with E-state index in [4.69, 9.17) is 4.74 Å². The number of phenolic OH excluding ortho intramolecular Hbond substituents is 1. The van der Waals surface area contributed by atoms with Crippen LogP contribution in [0.3, 0.4) is 0 Å². The van der Waals surface area contributed by atoms with Crippen LogP contribution in [0.15, 0.2) is 43.7 Å². The van der Waals surface area contributed by atoms with Gasteiger partial charge in [0.05, 0.1) is 8.95 Å². The number of phenols is 1. The molecule has 0 bridgehead atoms. The van der Waals surface area contributed by atoms with Crippen molar-refractivity contribution in [2.45, 2.75) is 38.2 Å². The Balaban J connectivity index is 2.15. The van der Waals surface area contributed by atoms with Gasteiger partial charge in [-0.2, -0.15) is 0 Å². The fraction of sp³-hybridized carbons (Fsp3) is 0.333. The van der Waals surface area contributed by atoms with Gasteiger partial charge < -0.3 is 9.84 Å². The minimum atomic E-state index is -0.469. The summed E-state index contributed by atoms with van der Waals surface area (Å²) in [6, 6.07) is 9.70. The molecular formula is C18H17Br3O2. The quantitative estimate of drug-likeness (QED) is 0.471. The van der Waals surface area contributed by atoms with Gasteiger partial charge in [0.1, 0.15) is 17.1 Å². The smallest absolute Gasteiger partial charge is 0.138 e. The normalized spacial score (nSPS) is 22.3. The highest BCUT2D eigenvalue weighted by Crippen LogP contribution is 2.52. The molecule has 0 saturated carbocycles. The Morgan fingerprint density at radius 3 is 2.35 bits per heavy atom. The van der Waals surface area contributed by atoms with Crippen LogP contribution in [0, 0.1) is 0 Å². The zero-order chi connectivity index (χ0) is 17.0.